The molecule has 4 aromatic rings. The first kappa shape index (κ1) is 24.4. The molecule has 37 heavy (non-hydrogen) atoms. The highest BCUT2D eigenvalue weighted by Crippen LogP contribution is 2.46. The van der Waals surface area contributed by atoms with E-state index in [1.54, 1.807) is 12.1 Å². The lowest BCUT2D eigenvalue weighted by Gasteiger charge is -2.30. The molecule has 1 saturated carbocycles. The molecule has 2 aromatic heterocycles. The molecule has 6 rings (SSSR count). The molecule has 2 aliphatic rings. The minimum Gasteiger partial charge on any atom is -0.478 e. The molecule has 190 valence electrons. The first-order valence-corrected chi connectivity index (χ1v) is 13.7. The van der Waals surface area contributed by atoms with Crippen molar-refractivity contribution >= 4 is 61.9 Å². The van der Waals surface area contributed by atoms with E-state index >= 15 is 0 Å². The van der Waals surface area contributed by atoms with Crippen LogP contribution in [0, 0.1) is 11.7 Å². The van der Waals surface area contributed by atoms with Crippen LogP contribution in [-0.2, 0) is 0 Å². The predicted molar refractivity (Wildman–Crippen MR) is 144 cm³/mol. The van der Waals surface area contributed by atoms with E-state index in [2.05, 4.69) is 27.2 Å². The van der Waals surface area contributed by atoms with Gasteiger partial charge in [-0.15, -0.1) is 0 Å². The van der Waals surface area contributed by atoms with Crippen molar-refractivity contribution in [3.05, 3.63) is 69.2 Å². The van der Waals surface area contributed by atoms with Crippen LogP contribution in [0.1, 0.15) is 53.3 Å². The number of benzene rings is 2. The Morgan fingerprint density at radius 1 is 1.16 bits per heavy atom. The van der Waals surface area contributed by atoms with Gasteiger partial charge >= 0.3 is 5.97 Å². The summed E-state index contributed by atoms with van der Waals surface area (Å²) in [6.45, 7) is 1.54. The van der Waals surface area contributed by atoms with Crippen molar-refractivity contribution in [3.63, 3.8) is 0 Å². The highest BCUT2D eigenvalue weighted by atomic mass is 35.5. The molecule has 6 nitrogen and oxygen atoms in total. The van der Waals surface area contributed by atoms with Crippen LogP contribution in [0.3, 0.4) is 0 Å². The minimum absolute atomic E-state index is 0.0687. The van der Waals surface area contributed by atoms with Gasteiger partial charge in [0, 0.05) is 30.1 Å². The predicted octanol–water partition coefficient (Wildman–Crippen LogP) is 7.90. The second-order valence-electron chi connectivity index (χ2n) is 9.47. The van der Waals surface area contributed by atoms with Gasteiger partial charge in [-0.3, -0.25) is 0 Å². The number of aromatic nitrogens is 2. The van der Waals surface area contributed by atoms with Crippen molar-refractivity contribution in [1.29, 1.82) is 0 Å². The van der Waals surface area contributed by atoms with Crippen LogP contribution in [0.15, 0.2) is 40.9 Å². The van der Waals surface area contributed by atoms with E-state index in [-0.39, 0.29) is 11.1 Å². The van der Waals surface area contributed by atoms with Crippen LogP contribution in [0.25, 0.3) is 27.6 Å². The van der Waals surface area contributed by atoms with Gasteiger partial charge in [0.15, 0.2) is 10.9 Å². The number of carbonyl (C=O) groups is 1. The number of carboxylic acid groups (broad SMARTS) is 1. The molecule has 0 bridgehead atoms. The fourth-order valence-corrected chi connectivity index (χ4v) is 6.41. The molecule has 1 aliphatic carbocycles. The number of aromatic carboxylic acids is 1. The normalized spacial score (nSPS) is 16.8. The standard InChI is InChI=1S/C27H22Cl2FN3O3S/c28-18-2-1-3-19(29)22(18)23-17(25(36-32-23)15-5-6-15)7-4-14-8-10-33(11-9-14)27-31-24-20(30)12-16(26(34)35)13-21(24)37-27/h1-4,7,12-15H,5-6,8-11H2,(H,34,35)/b7-4+. The summed E-state index contributed by atoms with van der Waals surface area (Å²) < 4.78 is 20.7. The molecule has 3 heterocycles. The summed E-state index contributed by atoms with van der Waals surface area (Å²) in [7, 11) is 0. The molecule has 0 amide bonds. The van der Waals surface area contributed by atoms with Gasteiger partial charge in [0.1, 0.15) is 17.0 Å². The molecular formula is C27H22Cl2FN3O3S. The lowest BCUT2D eigenvalue weighted by molar-refractivity contribution is 0.0696. The maximum atomic E-state index is 14.4. The van der Waals surface area contributed by atoms with Crippen LogP contribution >= 0.6 is 34.5 Å². The zero-order valence-electron chi connectivity index (χ0n) is 19.6. The summed E-state index contributed by atoms with van der Waals surface area (Å²) in [6.07, 6.45) is 8.28. The summed E-state index contributed by atoms with van der Waals surface area (Å²) in [5, 5.41) is 15.3. The summed E-state index contributed by atoms with van der Waals surface area (Å²) in [5.41, 5.74) is 2.45. The highest BCUT2D eigenvalue weighted by molar-refractivity contribution is 7.22. The number of anilines is 1. The van der Waals surface area contributed by atoms with Crippen LogP contribution in [0.2, 0.25) is 10.0 Å². The molecule has 2 fully saturated rings. The van der Waals surface area contributed by atoms with Crippen molar-refractivity contribution in [3.8, 4) is 11.3 Å². The van der Waals surface area contributed by atoms with E-state index < -0.39 is 11.8 Å². The molecule has 0 spiro atoms. The van der Waals surface area contributed by atoms with Crippen LogP contribution in [0.4, 0.5) is 9.52 Å². The minimum atomic E-state index is -1.15. The Labute approximate surface area is 226 Å². The van der Waals surface area contributed by atoms with E-state index in [1.165, 1.54) is 17.4 Å². The average Bonchev–Trinajstić information content (AvgIpc) is 3.49. The molecule has 0 radical (unpaired) electrons. The van der Waals surface area contributed by atoms with Gasteiger partial charge in [-0.05, 0) is 55.9 Å². The smallest absolute Gasteiger partial charge is 0.335 e. The number of hydrogen-bond donors (Lipinski definition) is 1. The maximum Gasteiger partial charge on any atom is 0.335 e. The largest absolute Gasteiger partial charge is 0.478 e. The summed E-state index contributed by atoms with van der Waals surface area (Å²) in [6, 6.07) is 7.92. The molecule has 1 saturated heterocycles. The van der Waals surface area contributed by atoms with Crippen molar-refractivity contribution in [1.82, 2.24) is 10.1 Å². The maximum absolute atomic E-state index is 14.4. The summed E-state index contributed by atoms with van der Waals surface area (Å²) in [5.74, 6) is -0.148. The zero-order chi connectivity index (χ0) is 25.7. The summed E-state index contributed by atoms with van der Waals surface area (Å²) >= 11 is 14.3. The van der Waals surface area contributed by atoms with Crippen LogP contribution in [0.5, 0.6) is 0 Å². The molecule has 0 atom stereocenters. The van der Waals surface area contributed by atoms with Gasteiger partial charge < -0.3 is 14.5 Å². The number of carboxylic acids is 1. The first-order valence-electron chi connectivity index (χ1n) is 12.1. The molecule has 1 N–H and O–H groups in total. The first-order chi connectivity index (χ1) is 17.9. The average molecular weight is 558 g/mol. The molecule has 10 heteroatoms. The van der Waals surface area contributed by atoms with Gasteiger partial charge in [0.05, 0.1) is 20.3 Å². The number of halogens is 3. The van der Waals surface area contributed by atoms with Crippen LogP contribution < -0.4 is 4.90 Å². The van der Waals surface area contributed by atoms with E-state index in [4.69, 9.17) is 27.7 Å². The number of hydrogen-bond acceptors (Lipinski definition) is 6. The Hall–Kier alpha value is -2.94. The van der Waals surface area contributed by atoms with Gasteiger partial charge in [-0.25, -0.2) is 14.2 Å². The summed E-state index contributed by atoms with van der Waals surface area (Å²) in [4.78, 5) is 17.9. The lowest BCUT2D eigenvalue weighted by Crippen LogP contribution is -2.32. The number of piperidine rings is 1. The lowest BCUT2D eigenvalue weighted by atomic mass is 9.95. The number of nitrogens with zero attached hydrogens (tertiary/aromatic N) is 3. The van der Waals surface area contributed by atoms with Crippen molar-refractivity contribution in [2.75, 3.05) is 18.0 Å². The van der Waals surface area contributed by atoms with Crippen molar-refractivity contribution < 1.29 is 18.8 Å². The Kier molecular flexibility index (Phi) is 6.42. The van der Waals surface area contributed by atoms with Crippen molar-refractivity contribution in [2.24, 2.45) is 5.92 Å². The fraction of sp³-hybridized carbons (Fsp3) is 0.296. The number of rotatable bonds is 6. The zero-order valence-corrected chi connectivity index (χ0v) is 21.9. The van der Waals surface area contributed by atoms with Gasteiger partial charge in [0.25, 0.3) is 0 Å². The molecule has 1 aliphatic heterocycles. The Morgan fingerprint density at radius 3 is 2.57 bits per heavy atom. The quantitative estimate of drug-likeness (QED) is 0.259. The van der Waals surface area contributed by atoms with Gasteiger partial charge in [-0.1, -0.05) is 57.9 Å². The van der Waals surface area contributed by atoms with E-state index in [0.717, 1.165) is 56.2 Å². The monoisotopic (exact) mass is 557 g/mol. The van der Waals surface area contributed by atoms with E-state index in [0.29, 0.717) is 43.0 Å². The Bertz CT molecular complexity index is 1520. The third-order valence-corrected chi connectivity index (χ3v) is 8.63. The molecule has 0 unspecified atom stereocenters. The highest BCUT2D eigenvalue weighted by Gasteiger charge is 2.33. The Morgan fingerprint density at radius 2 is 1.89 bits per heavy atom. The topological polar surface area (TPSA) is 79.5 Å². The second kappa shape index (κ2) is 9.74. The third kappa shape index (κ3) is 4.74. The second-order valence-corrected chi connectivity index (χ2v) is 11.3. The van der Waals surface area contributed by atoms with E-state index in [9.17, 15) is 14.3 Å². The Balaban J connectivity index is 1.20. The molecular weight excluding hydrogens is 536 g/mol. The SMILES string of the molecule is O=C(O)c1cc(F)c2nc(N3CCC(/C=C/c4c(-c5c(Cl)cccc5Cl)noc4C4CC4)CC3)sc2c1. The third-order valence-electron chi connectivity index (χ3n) is 6.93. The van der Waals surface area contributed by atoms with Gasteiger partial charge in [-0.2, -0.15) is 0 Å². The fourth-order valence-electron chi connectivity index (χ4n) is 4.77. The van der Waals surface area contributed by atoms with Crippen molar-refractivity contribution in [2.45, 2.75) is 31.6 Å². The number of allylic oxidation sites excluding steroid dienone is 1. The number of thiazole rings is 1. The van der Waals surface area contributed by atoms with E-state index in [1.807, 2.05) is 6.07 Å². The number of fused-ring (bicyclic) bond motifs is 1. The van der Waals surface area contributed by atoms with Gasteiger partial charge in [0.2, 0.25) is 0 Å². The molecule has 2 aromatic carbocycles. The van der Waals surface area contributed by atoms with Crippen LogP contribution in [-0.4, -0.2) is 34.3 Å².